The van der Waals surface area contributed by atoms with Crippen LogP contribution in [0.2, 0.25) is 5.02 Å². The molecular weight excluding hydrogens is 402 g/mol. The van der Waals surface area contributed by atoms with Crippen LogP contribution in [0.4, 0.5) is 5.82 Å². The normalized spacial score (nSPS) is 13.9. The topological polar surface area (TPSA) is 54.9 Å². The van der Waals surface area contributed by atoms with Crippen LogP contribution in [0.25, 0.3) is 21.9 Å². The number of aryl methyl sites for hydroxylation is 1. The Bertz CT molecular complexity index is 1000. The molecule has 2 aromatic heterocycles. The van der Waals surface area contributed by atoms with Crippen molar-refractivity contribution in [3.05, 3.63) is 51.8 Å². The lowest BCUT2D eigenvalue weighted by Gasteiger charge is -2.13. The average molecular weight is 417 g/mol. The van der Waals surface area contributed by atoms with Crippen molar-refractivity contribution in [2.24, 2.45) is 5.92 Å². The van der Waals surface area contributed by atoms with Crippen molar-refractivity contribution in [2.75, 3.05) is 5.32 Å². The predicted octanol–water partition coefficient (Wildman–Crippen LogP) is 5.37. The molecule has 25 heavy (non-hydrogen) atoms. The van der Waals surface area contributed by atoms with E-state index in [9.17, 15) is 4.79 Å². The van der Waals surface area contributed by atoms with Crippen molar-refractivity contribution >= 4 is 50.0 Å². The third-order valence-corrected chi connectivity index (χ3v) is 5.87. The molecule has 4 nitrogen and oxygen atoms in total. The van der Waals surface area contributed by atoms with Crippen molar-refractivity contribution in [1.29, 1.82) is 0 Å². The maximum atomic E-state index is 12.0. The van der Waals surface area contributed by atoms with Crippen LogP contribution in [0, 0.1) is 12.8 Å². The first-order valence-corrected chi connectivity index (χ1v) is 9.21. The first-order chi connectivity index (χ1) is 12.0. The molecule has 0 atom stereocenters. The number of benzene rings is 1. The maximum Gasteiger partial charge on any atom is 0.228 e. The molecule has 1 amide bonds. The van der Waals surface area contributed by atoms with Gasteiger partial charge in [-0.05, 0) is 70.4 Å². The first kappa shape index (κ1) is 16.5. The number of anilines is 1. The Morgan fingerprint density at radius 3 is 2.80 bits per heavy atom. The number of hydrogen-bond donors (Lipinski definition) is 1. The minimum Gasteiger partial charge on any atom is -0.310 e. The molecule has 1 aliphatic carbocycles. The van der Waals surface area contributed by atoms with Crippen molar-refractivity contribution < 1.29 is 4.79 Å². The van der Waals surface area contributed by atoms with Crippen molar-refractivity contribution in [1.82, 2.24) is 9.97 Å². The van der Waals surface area contributed by atoms with Gasteiger partial charge >= 0.3 is 0 Å². The number of halogens is 2. The number of hydrogen-bond acceptors (Lipinski definition) is 3. The van der Waals surface area contributed by atoms with E-state index in [2.05, 4.69) is 31.2 Å². The van der Waals surface area contributed by atoms with Gasteiger partial charge in [-0.3, -0.25) is 9.78 Å². The summed E-state index contributed by atoms with van der Waals surface area (Å²) in [6.07, 6.45) is 7.22. The lowest BCUT2D eigenvalue weighted by Crippen LogP contribution is -2.14. The highest BCUT2D eigenvalue weighted by Gasteiger charge is 2.29. The van der Waals surface area contributed by atoms with Crippen molar-refractivity contribution in [2.45, 2.75) is 19.8 Å². The molecule has 1 aromatic carbocycles. The van der Waals surface area contributed by atoms with Gasteiger partial charge in [0, 0.05) is 39.9 Å². The van der Waals surface area contributed by atoms with Crippen LogP contribution in [0.1, 0.15) is 18.4 Å². The Morgan fingerprint density at radius 1 is 1.28 bits per heavy atom. The molecule has 2 heterocycles. The summed E-state index contributed by atoms with van der Waals surface area (Å²) in [6.45, 7) is 2.04. The lowest BCUT2D eigenvalue weighted by molar-refractivity contribution is -0.117. The van der Waals surface area contributed by atoms with Gasteiger partial charge in [-0.15, -0.1) is 0 Å². The molecule has 0 unspecified atom stereocenters. The van der Waals surface area contributed by atoms with E-state index in [1.165, 1.54) is 0 Å². The molecular formula is C19H15BrClN3O. The largest absolute Gasteiger partial charge is 0.310 e. The fourth-order valence-corrected chi connectivity index (χ4v) is 3.61. The zero-order valence-corrected chi connectivity index (χ0v) is 15.9. The van der Waals surface area contributed by atoms with E-state index in [-0.39, 0.29) is 11.8 Å². The van der Waals surface area contributed by atoms with Crippen LogP contribution in [-0.4, -0.2) is 15.9 Å². The molecule has 4 rings (SSSR count). The fourth-order valence-electron chi connectivity index (χ4n) is 2.81. The van der Waals surface area contributed by atoms with Crippen LogP contribution in [0.15, 0.2) is 41.3 Å². The Labute approximate surface area is 158 Å². The highest BCUT2D eigenvalue weighted by atomic mass is 79.9. The van der Waals surface area contributed by atoms with Crippen LogP contribution in [0.3, 0.4) is 0 Å². The molecule has 1 N–H and O–H groups in total. The number of pyridine rings is 2. The van der Waals surface area contributed by atoms with Gasteiger partial charge in [0.2, 0.25) is 5.91 Å². The number of nitrogens with one attached hydrogen (secondary N) is 1. The number of amides is 1. The fraction of sp³-hybridized carbons (Fsp3) is 0.211. The van der Waals surface area contributed by atoms with E-state index in [1.807, 2.05) is 31.3 Å². The minimum atomic E-state index is 0.0402. The van der Waals surface area contributed by atoms with Gasteiger partial charge in [0.25, 0.3) is 0 Å². The number of carbonyl (C=O) groups excluding carboxylic acids is 1. The van der Waals surface area contributed by atoms with Crippen LogP contribution >= 0.6 is 27.5 Å². The van der Waals surface area contributed by atoms with Crippen molar-refractivity contribution in [3.63, 3.8) is 0 Å². The third-order valence-electron chi connectivity index (χ3n) is 4.43. The molecule has 0 radical (unpaired) electrons. The van der Waals surface area contributed by atoms with Gasteiger partial charge < -0.3 is 5.32 Å². The second-order valence-electron chi connectivity index (χ2n) is 6.30. The predicted molar refractivity (Wildman–Crippen MR) is 104 cm³/mol. The highest BCUT2D eigenvalue weighted by Crippen LogP contribution is 2.40. The Balaban J connectivity index is 1.83. The Kier molecular flexibility index (Phi) is 4.21. The SMILES string of the molecule is Cc1ccncc1-c1cc2cc(NC(=O)C3CC3)ncc2c(Cl)c1Br. The molecule has 126 valence electrons. The van der Waals surface area contributed by atoms with E-state index < -0.39 is 0 Å². The zero-order valence-electron chi connectivity index (χ0n) is 13.5. The molecule has 3 aromatic rings. The lowest BCUT2D eigenvalue weighted by atomic mass is 10.00. The molecule has 1 fully saturated rings. The summed E-state index contributed by atoms with van der Waals surface area (Å²) >= 11 is 10.2. The summed E-state index contributed by atoms with van der Waals surface area (Å²) in [5.41, 5.74) is 3.09. The summed E-state index contributed by atoms with van der Waals surface area (Å²) < 4.78 is 0.814. The first-order valence-electron chi connectivity index (χ1n) is 8.04. The van der Waals surface area contributed by atoms with E-state index in [4.69, 9.17) is 11.6 Å². The van der Waals surface area contributed by atoms with Gasteiger partial charge in [-0.2, -0.15) is 0 Å². The smallest absolute Gasteiger partial charge is 0.228 e. The van der Waals surface area contributed by atoms with E-state index in [1.54, 1.807) is 12.4 Å². The molecule has 0 bridgehead atoms. The second kappa shape index (κ2) is 6.39. The van der Waals surface area contributed by atoms with Gasteiger partial charge in [-0.1, -0.05) is 11.6 Å². The van der Waals surface area contributed by atoms with Crippen molar-refractivity contribution in [3.8, 4) is 11.1 Å². The number of nitrogens with zero attached hydrogens (tertiary/aromatic N) is 2. The molecule has 1 saturated carbocycles. The second-order valence-corrected chi connectivity index (χ2v) is 7.47. The standard InChI is InChI=1S/C19H15BrClN3O/c1-10-4-5-22-8-14(10)13-6-12-7-16(24-19(25)11-2-3-11)23-9-15(12)18(21)17(13)20/h4-9,11H,2-3H2,1H3,(H,23,24,25). The summed E-state index contributed by atoms with van der Waals surface area (Å²) in [5, 5.41) is 5.24. The zero-order chi connectivity index (χ0) is 17.6. The van der Waals surface area contributed by atoms with Crippen LogP contribution < -0.4 is 5.32 Å². The maximum absolute atomic E-state index is 12.0. The summed E-state index contributed by atoms with van der Waals surface area (Å²) in [6, 6.07) is 5.88. The molecule has 0 saturated heterocycles. The summed E-state index contributed by atoms with van der Waals surface area (Å²) in [4.78, 5) is 20.5. The van der Waals surface area contributed by atoms with Crippen LogP contribution in [-0.2, 0) is 4.79 Å². The molecule has 0 spiro atoms. The monoisotopic (exact) mass is 415 g/mol. The Hall–Kier alpha value is -1.98. The number of carbonyl (C=O) groups is 1. The quantitative estimate of drug-likeness (QED) is 0.624. The number of fused-ring (bicyclic) bond motifs is 1. The number of aromatic nitrogens is 2. The van der Waals surface area contributed by atoms with E-state index >= 15 is 0 Å². The number of rotatable bonds is 3. The summed E-state index contributed by atoms with van der Waals surface area (Å²) in [7, 11) is 0. The van der Waals surface area contributed by atoms with E-state index in [0.29, 0.717) is 10.8 Å². The third kappa shape index (κ3) is 3.14. The van der Waals surface area contributed by atoms with Gasteiger partial charge in [0.1, 0.15) is 5.82 Å². The Morgan fingerprint density at radius 2 is 2.08 bits per heavy atom. The van der Waals surface area contributed by atoms with Gasteiger partial charge in [0.05, 0.1) is 5.02 Å². The molecule has 6 heteroatoms. The summed E-state index contributed by atoms with van der Waals surface area (Å²) in [5.74, 6) is 0.731. The van der Waals surface area contributed by atoms with Gasteiger partial charge in [-0.25, -0.2) is 4.98 Å². The molecule has 0 aliphatic heterocycles. The molecule has 1 aliphatic rings. The van der Waals surface area contributed by atoms with E-state index in [0.717, 1.165) is 44.8 Å². The van der Waals surface area contributed by atoms with Crippen LogP contribution in [0.5, 0.6) is 0 Å². The minimum absolute atomic E-state index is 0.0402. The highest BCUT2D eigenvalue weighted by molar-refractivity contribution is 9.10. The van der Waals surface area contributed by atoms with Gasteiger partial charge in [0.15, 0.2) is 0 Å². The average Bonchev–Trinajstić information content (AvgIpc) is 3.44.